The van der Waals surface area contributed by atoms with Crippen LogP contribution in [0.2, 0.25) is 5.02 Å². The maximum Gasteiger partial charge on any atom is 0.234 e. The predicted molar refractivity (Wildman–Crippen MR) is 76.6 cm³/mol. The Morgan fingerprint density at radius 2 is 2.16 bits per heavy atom. The quantitative estimate of drug-likeness (QED) is 0.832. The molecule has 0 aliphatic heterocycles. The lowest BCUT2D eigenvalue weighted by molar-refractivity contribution is -0.113. The fraction of sp³-hybridized carbons (Fsp3) is 0.250. The summed E-state index contributed by atoms with van der Waals surface area (Å²) >= 11 is 7.06. The molecule has 0 saturated carbocycles. The van der Waals surface area contributed by atoms with Crippen molar-refractivity contribution >= 4 is 35.0 Å². The number of aryl methyl sites for hydroxylation is 1. The van der Waals surface area contributed by atoms with E-state index in [1.807, 2.05) is 6.92 Å². The van der Waals surface area contributed by atoms with Gasteiger partial charge in [0, 0.05) is 17.1 Å². The maximum atomic E-state index is 11.7. The third-order valence-corrected chi connectivity index (χ3v) is 3.41. The summed E-state index contributed by atoms with van der Waals surface area (Å²) in [6.07, 6.45) is 0.796. The summed E-state index contributed by atoms with van der Waals surface area (Å²) in [5, 5.41) is 10.8. The average molecular weight is 297 g/mol. The van der Waals surface area contributed by atoms with E-state index < -0.39 is 0 Å². The van der Waals surface area contributed by atoms with E-state index in [4.69, 9.17) is 11.6 Å². The molecule has 1 heterocycles. The van der Waals surface area contributed by atoms with Crippen molar-refractivity contribution in [3.8, 4) is 0 Å². The molecule has 2 aromatic rings. The molecular formula is C12H13ClN4OS. The molecule has 0 atom stereocenters. The summed E-state index contributed by atoms with van der Waals surface area (Å²) in [6.45, 7) is 1.99. The Kier molecular flexibility index (Phi) is 4.81. The second kappa shape index (κ2) is 6.58. The van der Waals surface area contributed by atoms with Gasteiger partial charge in [-0.1, -0.05) is 30.3 Å². The molecule has 0 unspecified atom stereocenters. The summed E-state index contributed by atoms with van der Waals surface area (Å²) < 4.78 is 0. The van der Waals surface area contributed by atoms with Crippen LogP contribution in [0.25, 0.3) is 0 Å². The molecule has 0 radical (unpaired) electrons. The third kappa shape index (κ3) is 4.25. The summed E-state index contributed by atoms with van der Waals surface area (Å²) in [4.78, 5) is 15.9. The van der Waals surface area contributed by atoms with Gasteiger partial charge in [-0.05, 0) is 24.3 Å². The Morgan fingerprint density at radius 3 is 2.79 bits per heavy atom. The Bertz CT molecular complexity index is 555. The number of carbonyl (C=O) groups excluding carboxylic acids is 1. The Morgan fingerprint density at radius 1 is 1.42 bits per heavy atom. The first-order valence-electron chi connectivity index (χ1n) is 5.77. The van der Waals surface area contributed by atoms with Gasteiger partial charge in [-0.15, -0.1) is 5.10 Å². The standard InChI is InChI=1S/C12H13ClN4OS/c1-2-10-15-12(17-16-10)19-7-11(18)14-9-5-3-8(13)4-6-9/h3-6H,2,7H2,1H3,(H,14,18)(H,15,16,17). The Balaban J connectivity index is 1.82. The lowest BCUT2D eigenvalue weighted by Crippen LogP contribution is -2.13. The van der Waals surface area contributed by atoms with Crippen molar-refractivity contribution in [3.05, 3.63) is 35.1 Å². The van der Waals surface area contributed by atoms with Gasteiger partial charge in [0.2, 0.25) is 11.1 Å². The van der Waals surface area contributed by atoms with E-state index in [9.17, 15) is 4.79 Å². The van der Waals surface area contributed by atoms with Crippen LogP contribution in [-0.4, -0.2) is 26.8 Å². The van der Waals surface area contributed by atoms with Crippen molar-refractivity contribution in [1.82, 2.24) is 15.2 Å². The molecule has 0 fully saturated rings. The fourth-order valence-electron chi connectivity index (χ4n) is 1.36. The molecule has 0 aliphatic rings. The topological polar surface area (TPSA) is 70.7 Å². The van der Waals surface area contributed by atoms with E-state index in [1.165, 1.54) is 11.8 Å². The van der Waals surface area contributed by atoms with E-state index in [0.29, 0.717) is 10.2 Å². The van der Waals surface area contributed by atoms with Crippen molar-refractivity contribution in [1.29, 1.82) is 0 Å². The van der Waals surface area contributed by atoms with Gasteiger partial charge in [-0.25, -0.2) is 4.98 Å². The van der Waals surface area contributed by atoms with Crippen LogP contribution in [0.3, 0.4) is 0 Å². The molecular weight excluding hydrogens is 284 g/mol. The van der Waals surface area contributed by atoms with Gasteiger partial charge in [0.25, 0.3) is 0 Å². The van der Waals surface area contributed by atoms with E-state index >= 15 is 0 Å². The summed E-state index contributed by atoms with van der Waals surface area (Å²) in [7, 11) is 0. The van der Waals surface area contributed by atoms with Crippen LogP contribution in [0.5, 0.6) is 0 Å². The largest absolute Gasteiger partial charge is 0.325 e. The Labute approximate surface area is 120 Å². The lowest BCUT2D eigenvalue weighted by Gasteiger charge is -2.03. The van der Waals surface area contributed by atoms with Gasteiger partial charge in [0.15, 0.2) is 0 Å². The number of nitrogens with zero attached hydrogens (tertiary/aromatic N) is 2. The van der Waals surface area contributed by atoms with Crippen molar-refractivity contribution in [2.75, 3.05) is 11.1 Å². The van der Waals surface area contributed by atoms with E-state index in [-0.39, 0.29) is 11.7 Å². The second-order valence-corrected chi connectivity index (χ2v) is 5.14. The van der Waals surface area contributed by atoms with Crippen molar-refractivity contribution in [2.45, 2.75) is 18.5 Å². The number of H-pyrrole nitrogens is 1. The minimum Gasteiger partial charge on any atom is -0.325 e. The molecule has 0 bridgehead atoms. The molecule has 5 nitrogen and oxygen atoms in total. The van der Waals surface area contributed by atoms with Crippen LogP contribution in [0.1, 0.15) is 12.7 Å². The normalized spacial score (nSPS) is 10.4. The Hall–Kier alpha value is -1.53. The third-order valence-electron chi connectivity index (χ3n) is 2.31. The van der Waals surface area contributed by atoms with Crippen LogP contribution >= 0.6 is 23.4 Å². The second-order valence-electron chi connectivity index (χ2n) is 3.76. The predicted octanol–water partition coefficient (Wildman–Crippen LogP) is 2.75. The highest BCUT2D eigenvalue weighted by atomic mass is 35.5. The monoisotopic (exact) mass is 296 g/mol. The van der Waals surface area contributed by atoms with Crippen molar-refractivity contribution in [3.63, 3.8) is 0 Å². The highest BCUT2D eigenvalue weighted by Gasteiger charge is 2.07. The van der Waals surface area contributed by atoms with Crippen LogP contribution in [0.15, 0.2) is 29.4 Å². The molecule has 19 heavy (non-hydrogen) atoms. The van der Waals surface area contributed by atoms with E-state index in [1.54, 1.807) is 24.3 Å². The molecule has 0 saturated heterocycles. The van der Waals surface area contributed by atoms with E-state index in [2.05, 4.69) is 20.5 Å². The van der Waals surface area contributed by atoms with E-state index in [0.717, 1.165) is 17.9 Å². The van der Waals surface area contributed by atoms with Crippen LogP contribution in [-0.2, 0) is 11.2 Å². The number of amides is 1. The highest BCUT2D eigenvalue weighted by Crippen LogP contribution is 2.15. The average Bonchev–Trinajstić information content (AvgIpc) is 2.87. The number of anilines is 1. The summed E-state index contributed by atoms with van der Waals surface area (Å²) in [5.41, 5.74) is 0.722. The van der Waals surface area contributed by atoms with Crippen molar-refractivity contribution in [2.24, 2.45) is 0 Å². The van der Waals surface area contributed by atoms with Gasteiger partial charge < -0.3 is 5.32 Å². The number of rotatable bonds is 5. The minimum atomic E-state index is -0.102. The maximum absolute atomic E-state index is 11.7. The molecule has 1 amide bonds. The SMILES string of the molecule is CCc1nc(SCC(=O)Nc2ccc(Cl)cc2)n[nH]1. The van der Waals surface area contributed by atoms with Gasteiger partial charge in [-0.2, -0.15) is 0 Å². The zero-order valence-electron chi connectivity index (χ0n) is 10.3. The van der Waals surface area contributed by atoms with Gasteiger partial charge in [0.05, 0.1) is 5.75 Å². The fourth-order valence-corrected chi connectivity index (χ4v) is 2.10. The van der Waals surface area contributed by atoms with Gasteiger partial charge >= 0.3 is 0 Å². The highest BCUT2D eigenvalue weighted by molar-refractivity contribution is 7.99. The number of aromatic nitrogens is 3. The minimum absolute atomic E-state index is 0.102. The van der Waals surface area contributed by atoms with Gasteiger partial charge in [-0.3, -0.25) is 9.89 Å². The van der Waals surface area contributed by atoms with Crippen molar-refractivity contribution < 1.29 is 4.79 Å². The zero-order valence-corrected chi connectivity index (χ0v) is 11.9. The summed E-state index contributed by atoms with van der Waals surface area (Å²) in [5.74, 6) is 0.986. The number of halogens is 1. The molecule has 0 aliphatic carbocycles. The number of hydrogen-bond donors (Lipinski definition) is 2. The molecule has 100 valence electrons. The first kappa shape index (κ1) is 13.9. The number of hydrogen-bond acceptors (Lipinski definition) is 4. The van der Waals surface area contributed by atoms with Crippen LogP contribution < -0.4 is 5.32 Å². The number of aromatic amines is 1. The van der Waals surface area contributed by atoms with Gasteiger partial charge in [0.1, 0.15) is 5.82 Å². The first-order valence-corrected chi connectivity index (χ1v) is 7.13. The first-order chi connectivity index (χ1) is 9.17. The molecule has 0 spiro atoms. The summed E-state index contributed by atoms with van der Waals surface area (Å²) in [6, 6.07) is 6.97. The van der Waals surface area contributed by atoms with Crippen LogP contribution in [0.4, 0.5) is 5.69 Å². The molecule has 1 aromatic carbocycles. The molecule has 1 aromatic heterocycles. The lowest BCUT2D eigenvalue weighted by atomic mass is 10.3. The van der Waals surface area contributed by atoms with Crippen LogP contribution in [0, 0.1) is 0 Å². The smallest absolute Gasteiger partial charge is 0.234 e. The zero-order chi connectivity index (χ0) is 13.7. The molecule has 7 heteroatoms. The number of nitrogens with one attached hydrogen (secondary N) is 2. The molecule has 2 N–H and O–H groups in total. The number of carbonyl (C=O) groups is 1. The number of thioether (sulfide) groups is 1. The number of benzene rings is 1. The molecule has 2 rings (SSSR count).